The van der Waals surface area contributed by atoms with Gasteiger partial charge in [0.15, 0.2) is 0 Å². The lowest BCUT2D eigenvalue weighted by atomic mass is 10.1. The summed E-state index contributed by atoms with van der Waals surface area (Å²) in [6, 6.07) is 3.32. The molecule has 0 radical (unpaired) electrons. The molecule has 0 saturated carbocycles. The van der Waals surface area contributed by atoms with Gasteiger partial charge in [0.05, 0.1) is 5.75 Å². The minimum Gasteiger partial charge on any atom is -0.265 e. The van der Waals surface area contributed by atoms with E-state index in [1.54, 1.807) is 31.5 Å². The van der Waals surface area contributed by atoms with Crippen LogP contribution in [0.3, 0.4) is 0 Å². The highest BCUT2D eigenvalue weighted by atomic mass is 35.5. The van der Waals surface area contributed by atoms with Crippen molar-refractivity contribution in [3.05, 3.63) is 30.1 Å². The molecule has 1 aromatic rings. The Bertz CT molecular complexity index is 436. The lowest BCUT2D eigenvalue weighted by Crippen LogP contribution is -2.31. The molecule has 0 aliphatic heterocycles. The van der Waals surface area contributed by atoms with Gasteiger partial charge in [-0.15, -0.1) is 11.6 Å². The standard InChI is InChI=1S/C11H17ClN2O2S/c1-9(7-12)8-17(15,16)14-10(2)11-3-5-13-6-4-11/h3-6,9-10,14H,7-8H2,1-2H3/t9?,10-/m1/s1. The van der Waals surface area contributed by atoms with E-state index in [1.165, 1.54) is 0 Å². The number of nitrogens with one attached hydrogen (secondary N) is 1. The van der Waals surface area contributed by atoms with Crippen LogP contribution in [0.4, 0.5) is 0 Å². The number of hydrogen-bond acceptors (Lipinski definition) is 3. The summed E-state index contributed by atoms with van der Waals surface area (Å²) in [6.45, 7) is 3.61. The van der Waals surface area contributed by atoms with Crippen molar-refractivity contribution in [1.82, 2.24) is 9.71 Å². The molecule has 4 nitrogen and oxygen atoms in total. The third kappa shape index (κ3) is 5.02. The number of pyridine rings is 1. The molecule has 0 spiro atoms. The third-order valence-electron chi connectivity index (χ3n) is 2.33. The van der Waals surface area contributed by atoms with Crippen molar-refractivity contribution in [2.75, 3.05) is 11.6 Å². The zero-order valence-corrected chi connectivity index (χ0v) is 11.5. The molecular formula is C11H17ClN2O2S. The average molecular weight is 277 g/mol. The quantitative estimate of drug-likeness (QED) is 0.808. The number of hydrogen-bond donors (Lipinski definition) is 1. The molecule has 0 saturated heterocycles. The van der Waals surface area contributed by atoms with E-state index in [0.717, 1.165) is 5.56 Å². The number of halogens is 1. The summed E-state index contributed by atoms with van der Waals surface area (Å²) < 4.78 is 26.2. The molecule has 96 valence electrons. The predicted octanol–water partition coefficient (Wildman–Crippen LogP) is 1.94. The Balaban J connectivity index is 2.65. The summed E-state index contributed by atoms with van der Waals surface area (Å²) in [7, 11) is -3.30. The summed E-state index contributed by atoms with van der Waals surface area (Å²) in [5.74, 6) is 0.329. The highest BCUT2D eigenvalue weighted by Gasteiger charge is 2.18. The van der Waals surface area contributed by atoms with Crippen molar-refractivity contribution >= 4 is 21.6 Å². The summed E-state index contributed by atoms with van der Waals surface area (Å²) in [5.41, 5.74) is 0.891. The molecule has 0 aliphatic rings. The van der Waals surface area contributed by atoms with Crippen LogP contribution in [0.5, 0.6) is 0 Å². The normalized spacial score (nSPS) is 15.5. The van der Waals surface area contributed by atoms with Gasteiger partial charge in [-0.05, 0) is 30.5 Å². The SMILES string of the molecule is CC(CCl)CS(=O)(=O)N[C@H](C)c1ccncc1. The van der Waals surface area contributed by atoms with Gasteiger partial charge >= 0.3 is 0 Å². The van der Waals surface area contributed by atoms with Crippen LogP contribution in [-0.2, 0) is 10.0 Å². The van der Waals surface area contributed by atoms with E-state index >= 15 is 0 Å². The first-order chi connectivity index (χ1) is 7.94. The highest BCUT2D eigenvalue weighted by molar-refractivity contribution is 7.89. The molecule has 0 bridgehead atoms. The van der Waals surface area contributed by atoms with E-state index in [-0.39, 0.29) is 17.7 Å². The molecule has 1 rings (SSSR count). The number of nitrogens with zero attached hydrogens (tertiary/aromatic N) is 1. The second-order valence-electron chi connectivity index (χ2n) is 4.16. The number of sulfonamides is 1. The molecule has 0 aliphatic carbocycles. The minimum absolute atomic E-state index is 0.0475. The maximum absolute atomic E-state index is 11.8. The van der Waals surface area contributed by atoms with Gasteiger partial charge in [-0.2, -0.15) is 0 Å². The summed E-state index contributed by atoms with van der Waals surface area (Å²) in [4.78, 5) is 3.89. The first kappa shape index (κ1) is 14.4. The molecular weight excluding hydrogens is 260 g/mol. The first-order valence-electron chi connectivity index (χ1n) is 5.40. The van der Waals surface area contributed by atoms with Gasteiger partial charge in [0.2, 0.25) is 10.0 Å². The van der Waals surface area contributed by atoms with Crippen LogP contribution in [0.2, 0.25) is 0 Å². The predicted molar refractivity (Wildman–Crippen MR) is 69.5 cm³/mol. The van der Waals surface area contributed by atoms with Crippen molar-refractivity contribution in [1.29, 1.82) is 0 Å². The fraction of sp³-hybridized carbons (Fsp3) is 0.545. The largest absolute Gasteiger partial charge is 0.265 e. The molecule has 0 fully saturated rings. The molecule has 6 heteroatoms. The topological polar surface area (TPSA) is 59.1 Å². The van der Waals surface area contributed by atoms with Gasteiger partial charge in [0.1, 0.15) is 0 Å². The van der Waals surface area contributed by atoms with E-state index < -0.39 is 10.0 Å². The van der Waals surface area contributed by atoms with Crippen LogP contribution < -0.4 is 4.72 Å². The molecule has 1 N–H and O–H groups in total. The Morgan fingerprint density at radius 3 is 2.47 bits per heavy atom. The molecule has 1 unspecified atom stereocenters. The zero-order valence-electron chi connectivity index (χ0n) is 9.93. The summed E-state index contributed by atoms with van der Waals surface area (Å²) in [5, 5.41) is 0. The maximum Gasteiger partial charge on any atom is 0.212 e. The molecule has 0 aromatic carbocycles. The monoisotopic (exact) mass is 276 g/mol. The second kappa shape index (κ2) is 6.33. The fourth-order valence-electron chi connectivity index (χ4n) is 1.46. The first-order valence-corrected chi connectivity index (χ1v) is 7.59. The van der Waals surface area contributed by atoms with Gasteiger partial charge in [-0.3, -0.25) is 4.98 Å². The van der Waals surface area contributed by atoms with E-state index in [2.05, 4.69) is 9.71 Å². The van der Waals surface area contributed by atoms with Gasteiger partial charge in [-0.1, -0.05) is 6.92 Å². The van der Waals surface area contributed by atoms with Crippen LogP contribution >= 0.6 is 11.6 Å². The Labute approximate surface area is 107 Å². The van der Waals surface area contributed by atoms with Crippen molar-refractivity contribution in [2.45, 2.75) is 19.9 Å². The number of rotatable bonds is 6. The Morgan fingerprint density at radius 1 is 1.35 bits per heavy atom. The number of alkyl halides is 1. The fourth-order valence-corrected chi connectivity index (χ4v) is 3.33. The molecule has 0 amide bonds. The van der Waals surface area contributed by atoms with Crippen LogP contribution in [0.15, 0.2) is 24.5 Å². The van der Waals surface area contributed by atoms with Crippen LogP contribution in [0.25, 0.3) is 0 Å². The Hall–Kier alpha value is -0.650. The smallest absolute Gasteiger partial charge is 0.212 e. The van der Waals surface area contributed by atoms with E-state index in [9.17, 15) is 8.42 Å². The molecule has 17 heavy (non-hydrogen) atoms. The van der Waals surface area contributed by atoms with Crippen LogP contribution in [0.1, 0.15) is 25.5 Å². The van der Waals surface area contributed by atoms with Crippen molar-refractivity contribution in [3.8, 4) is 0 Å². The molecule has 1 heterocycles. The Kier molecular flexibility index (Phi) is 5.36. The minimum atomic E-state index is -3.30. The van der Waals surface area contributed by atoms with Gasteiger partial charge < -0.3 is 0 Å². The van der Waals surface area contributed by atoms with E-state index in [0.29, 0.717) is 5.88 Å². The van der Waals surface area contributed by atoms with E-state index in [4.69, 9.17) is 11.6 Å². The molecule has 2 atom stereocenters. The average Bonchev–Trinajstić information content (AvgIpc) is 2.28. The second-order valence-corrected chi connectivity index (χ2v) is 6.27. The van der Waals surface area contributed by atoms with Gasteiger partial charge in [0.25, 0.3) is 0 Å². The maximum atomic E-state index is 11.8. The van der Waals surface area contributed by atoms with Gasteiger partial charge in [0, 0.05) is 24.3 Å². The van der Waals surface area contributed by atoms with Crippen LogP contribution in [-0.4, -0.2) is 25.0 Å². The molecule has 1 aromatic heterocycles. The Morgan fingerprint density at radius 2 is 1.94 bits per heavy atom. The zero-order chi connectivity index (χ0) is 12.9. The summed E-state index contributed by atoms with van der Waals surface area (Å²) >= 11 is 5.61. The highest BCUT2D eigenvalue weighted by Crippen LogP contribution is 2.13. The van der Waals surface area contributed by atoms with Crippen molar-refractivity contribution in [2.24, 2.45) is 5.92 Å². The van der Waals surface area contributed by atoms with Gasteiger partial charge in [-0.25, -0.2) is 13.1 Å². The van der Waals surface area contributed by atoms with Crippen molar-refractivity contribution in [3.63, 3.8) is 0 Å². The van der Waals surface area contributed by atoms with Crippen molar-refractivity contribution < 1.29 is 8.42 Å². The lowest BCUT2D eigenvalue weighted by Gasteiger charge is -2.16. The lowest BCUT2D eigenvalue weighted by molar-refractivity contribution is 0.555. The number of aromatic nitrogens is 1. The van der Waals surface area contributed by atoms with Crippen LogP contribution in [0, 0.1) is 5.92 Å². The third-order valence-corrected chi connectivity index (χ3v) is 4.58. The van der Waals surface area contributed by atoms with E-state index in [1.807, 2.05) is 6.92 Å². The summed E-state index contributed by atoms with van der Waals surface area (Å²) in [6.07, 6.45) is 3.28.